The van der Waals surface area contributed by atoms with Crippen LogP contribution in [0.4, 0.5) is 0 Å². The Morgan fingerprint density at radius 1 is 0.500 bits per heavy atom. The smallest absolute Gasteiger partial charge is 0.300 e. The molecule has 112 heavy (non-hydrogen) atoms. The number of carbonyl (C=O) groups is 16. The molecule has 0 bridgehead atoms. The summed E-state index contributed by atoms with van der Waals surface area (Å²) in [5, 5.41) is 43.4. The first kappa shape index (κ1) is 110. The summed E-state index contributed by atoms with van der Waals surface area (Å²) < 4.78 is 0. The highest BCUT2D eigenvalue weighted by atomic mass is 32.2. The minimum atomic E-state index is -1.64. The second kappa shape index (κ2) is 60.1. The van der Waals surface area contributed by atoms with Crippen LogP contribution in [0.5, 0.6) is 0 Å². The minimum absolute atomic E-state index is 0. The highest BCUT2D eigenvalue weighted by Gasteiger charge is 2.42. The lowest BCUT2D eigenvalue weighted by Crippen LogP contribution is -2.60. The maximum Gasteiger partial charge on any atom is 0.300 e. The van der Waals surface area contributed by atoms with Crippen LogP contribution in [-0.4, -0.2) is 258 Å². The monoisotopic (exact) mass is 1620 g/mol. The van der Waals surface area contributed by atoms with E-state index >= 15 is 0 Å². The first-order valence-corrected chi connectivity index (χ1v) is 36.3. The molecule has 2 aliphatic rings. The van der Waals surface area contributed by atoms with E-state index in [1.54, 1.807) is 60.7 Å². The third-order valence-electron chi connectivity index (χ3n) is 16.0. The van der Waals surface area contributed by atoms with Crippen molar-refractivity contribution >= 4 is 112 Å². The van der Waals surface area contributed by atoms with E-state index in [-0.39, 0.29) is 110 Å². The summed E-state index contributed by atoms with van der Waals surface area (Å²) in [6.07, 6.45) is 3.12. The Morgan fingerprint density at radius 2 is 0.902 bits per heavy atom. The van der Waals surface area contributed by atoms with Gasteiger partial charge >= 0.3 is 0 Å². The predicted molar refractivity (Wildman–Crippen MR) is 414 cm³/mol. The number of guanidine groups is 1. The van der Waals surface area contributed by atoms with E-state index in [9.17, 15) is 62.3 Å². The van der Waals surface area contributed by atoms with Gasteiger partial charge in [0.2, 0.25) is 76.8 Å². The second-order valence-corrected chi connectivity index (χ2v) is 26.7. The van der Waals surface area contributed by atoms with E-state index in [1.807, 2.05) is 20.1 Å². The third-order valence-corrected chi connectivity index (χ3v) is 16.7. The van der Waals surface area contributed by atoms with Crippen molar-refractivity contribution in [3.63, 3.8) is 0 Å². The van der Waals surface area contributed by atoms with Crippen LogP contribution in [0.3, 0.4) is 0 Å². The number of nitrogens with zero attached hydrogens (tertiary/aromatic N) is 3. The normalized spacial score (nSPS) is 14.9. The van der Waals surface area contributed by atoms with Crippen LogP contribution in [0.25, 0.3) is 0 Å². The highest BCUT2D eigenvalue weighted by molar-refractivity contribution is 7.98. The van der Waals surface area contributed by atoms with Crippen molar-refractivity contribution in [2.75, 3.05) is 44.7 Å². The van der Waals surface area contributed by atoms with Gasteiger partial charge in [0, 0.05) is 66.1 Å². The Kier molecular flexibility index (Phi) is 59.0. The lowest BCUT2D eigenvalue weighted by atomic mass is 10.0. The number of carboxylic acids is 3. The largest absolute Gasteiger partial charge is 0.481 e. The van der Waals surface area contributed by atoms with Gasteiger partial charge in [-0.3, -0.25) is 81.7 Å². The van der Waals surface area contributed by atoms with Crippen molar-refractivity contribution < 1.29 is 119 Å². The number of amides is 13. The Morgan fingerprint density at radius 3 is 1.32 bits per heavy atom. The van der Waals surface area contributed by atoms with Gasteiger partial charge < -0.3 is 135 Å². The molecular formula is C69H120N18O24S. The molecule has 4 rings (SSSR count). The number of thioether (sulfide) groups is 1. The SMILES string of the molecule is CC(=O)O.CC(=O)O.CC(=O)O.CSCC[C@H](NC(=O)[C@H](CC(C)C)NC(=O)CNC(=O)[C@H](Cc1ccccc1)NC(=O)[C@H](Cc1ccccc1)NC(=O)[C@H](CCC(N)=O)NC(=O)[C@H](CCC(N)=O)NC(=O)[C@@H]1CCCN1C(=O)[C@H](CCCCN)NC(=O)[C@@H]1CCCN1C(=O)[C@@H](N)CCCN=C(N)N)C(N)=O.O.O.O.O.O. The summed E-state index contributed by atoms with van der Waals surface area (Å²) in [6.45, 7) is 7.11. The fourth-order valence-electron chi connectivity index (χ4n) is 11.0. The van der Waals surface area contributed by atoms with Crippen molar-refractivity contribution in [1.29, 1.82) is 0 Å². The lowest BCUT2D eigenvalue weighted by Gasteiger charge is -2.32. The third kappa shape index (κ3) is 46.1. The second-order valence-electron chi connectivity index (χ2n) is 25.7. The molecule has 0 saturated carbocycles. The van der Waals surface area contributed by atoms with Gasteiger partial charge in [-0.15, -0.1) is 0 Å². The highest BCUT2D eigenvalue weighted by Crippen LogP contribution is 2.24. The van der Waals surface area contributed by atoms with Crippen molar-refractivity contribution in [3.05, 3.63) is 71.8 Å². The standard InChI is InChI=1S/C63H98N18O13S.3C2H4O2.5H2O/c1-37(2)33-45(57(89)74-41(53(68)85)27-32-95-3)73-52(84)36-72-54(86)46(34-38-15-6-4-7-16-38)78-58(90)47(35-39-17-8-5-9-18-39)79-56(88)42(23-25-50(66)82)75-55(87)43(24-26-51(67)83)76-59(91)49-22-14-31-81(49)62(94)44(20-10-11-28-64)77-60(92)48-21-13-30-80(48)61(93)40(65)19-12-29-71-63(69)70;3*1-2(3)4;;;;;/h4-9,15-18,37,40-49H,10-14,19-36,64-65H2,1-3H3,(H2,66,82)(H2,67,83)(H2,68,85)(H,72,86)(H,73,84)(H,74,89)(H,75,87)(H,76,91)(H,77,92)(H,78,90)(H,79,88)(H4,69,70,71);3*1H3,(H,3,4);5*1H2/t40-,41-,42-,43-,44-,45-,46-,47-,48-,49-;;;;;;;;/m0......../s1. The maximum absolute atomic E-state index is 14.7. The van der Waals surface area contributed by atoms with Crippen LogP contribution >= 0.6 is 11.8 Å². The van der Waals surface area contributed by atoms with Gasteiger partial charge in [-0.1, -0.05) is 74.5 Å². The van der Waals surface area contributed by atoms with Gasteiger partial charge in [0.1, 0.15) is 54.4 Å². The van der Waals surface area contributed by atoms with Gasteiger partial charge in [0.05, 0.1) is 12.6 Å². The topological polar surface area (TPSA) is 789 Å². The molecular weight excluding hydrogens is 1500 g/mol. The number of nitrogens with two attached hydrogens (primary N) is 7. The van der Waals surface area contributed by atoms with Gasteiger partial charge in [-0.05, 0) is 119 Å². The molecule has 2 aromatic carbocycles. The molecule has 0 aromatic heterocycles. The molecule has 0 spiro atoms. The number of hydrogen-bond acceptors (Lipinski definition) is 20. The molecule has 2 saturated heterocycles. The number of rotatable bonds is 42. The molecule has 10 atom stereocenters. The number of primary amides is 3. The quantitative estimate of drug-likeness (QED) is 0.0167. The van der Waals surface area contributed by atoms with Crippen molar-refractivity contribution in [3.8, 4) is 0 Å². The molecule has 0 radical (unpaired) electrons. The summed E-state index contributed by atoms with van der Waals surface area (Å²) in [5.74, 6) is -12.3. The van der Waals surface area contributed by atoms with Crippen LogP contribution in [-0.2, 0) is 89.6 Å². The van der Waals surface area contributed by atoms with E-state index in [2.05, 4.69) is 47.5 Å². The molecule has 35 N–H and O–H groups in total. The average molecular weight is 1620 g/mol. The summed E-state index contributed by atoms with van der Waals surface area (Å²) in [4.78, 5) is 212. The number of aliphatic imine (C=N–C) groups is 1. The molecule has 2 heterocycles. The number of carbonyl (C=O) groups excluding carboxylic acids is 13. The molecule has 636 valence electrons. The molecule has 43 heteroatoms. The summed E-state index contributed by atoms with van der Waals surface area (Å²) in [7, 11) is 0. The molecule has 2 aromatic rings. The van der Waals surface area contributed by atoms with E-state index in [0.29, 0.717) is 55.4 Å². The van der Waals surface area contributed by atoms with Gasteiger partial charge in [-0.25, -0.2) is 0 Å². The first-order valence-electron chi connectivity index (χ1n) is 35.0. The van der Waals surface area contributed by atoms with Gasteiger partial charge in [0.15, 0.2) is 5.96 Å². The molecule has 0 unspecified atom stereocenters. The van der Waals surface area contributed by atoms with Crippen molar-refractivity contribution in [2.24, 2.45) is 51.0 Å². The number of benzene rings is 2. The zero-order valence-corrected chi connectivity index (χ0v) is 64.9. The first-order chi connectivity index (χ1) is 50.4. The Bertz CT molecular complexity index is 3270. The number of carboxylic acid groups (broad SMARTS) is 3. The van der Waals surface area contributed by atoms with E-state index in [4.69, 9.17) is 69.8 Å². The zero-order chi connectivity index (χ0) is 80.9. The maximum atomic E-state index is 14.7. The van der Waals surface area contributed by atoms with Crippen LogP contribution < -0.4 is 82.7 Å². The number of unbranched alkanes of at least 4 members (excludes halogenated alkanes) is 1. The lowest BCUT2D eigenvalue weighted by molar-refractivity contribution is -0.144. The predicted octanol–water partition coefficient (Wildman–Crippen LogP) is -7.56. The Labute approximate surface area is 653 Å². The van der Waals surface area contributed by atoms with Crippen LogP contribution in [0.2, 0.25) is 0 Å². The Balaban J connectivity index is -0.00000209. The molecule has 2 fully saturated rings. The number of hydrogen-bond donors (Lipinski definition) is 18. The van der Waals surface area contributed by atoms with E-state index in [1.165, 1.54) is 21.6 Å². The number of likely N-dealkylation sites (tertiary alicyclic amines) is 2. The molecule has 42 nitrogen and oxygen atoms in total. The van der Waals surface area contributed by atoms with Crippen molar-refractivity contribution in [2.45, 2.75) is 204 Å². The molecule has 13 amide bonds. The summed E-state index contributed by atoms with van der Waals surface area (Å²) >= 11 is 1.45. The fourth-order valence-corrected chi connectivity index (χ4v) is 11.5. The molecule has 2 aliphatic heterocycles. The van der Waals surface area contributed by atoms with E-state index in [0.717, 1.165) is 20.8 Å². The average Bonchev–Trinajstić information content (AvgIpc) is 1.63. The van der Waals surface area contributed by atoms with Gasteiger partial charge in [-0.2, -0.15) is 11.8 Å². The number of nitrogens with one attached hydrogen (secondary N) is 8. The Hall–Kier alpha value is -10.7. The van der Waals surface area contributed by atoms with Crippen LogP contribution in [0.15, 0.2) is 65.7 Å². The summed E-state index contributed by atoms with van der Waals surface area (Å²) in [6, 6.07) is 4.51. The fraction of sp³-hybridized carbons (Fsp3) is 0.580. The number of aliphatic carboxylic acids is 3. The van der Waals surface area contributed by atoms with E-state index < -0.39 is 187 Å². The zero-order valence-electron chi connectivity index (χ0n) is 64.1. The van der Waals surface area contributed by atoms with Crippen LogP contribution in [0, 0.1) is 5.92 Å². The van der Waals surface area contributed by atoms with Crippen molar-refractivity contribution in [1.82, 2.24) is 52.3 Å². The summed E-state index contributed by atoms with van der Waals surface area (Å²) in [5.41, 5.74) is 40.6. The molecule has 0 aliphatic carbocycles. The van der Waals surface area contributed by atoms with Crippen LogP contribution in [0.1, 0.15) is 142 Å². The minimum Gasteiger partial charge on any atom is -0.481 e. The van der Waals surface area contributed by atoms with Gasteiger partial charge in [0.25, 0.3) is 17.9 Å².